The van der Waals surface area contributed by atoms with E-state index in [0.717, 1.165) is 45.7 Å². The van der Waals surface area contributed by atoms with Crippen LogP contribution in [-0.2, 0) is 19.3 Å². The van der Waals surface area contributed by atoms with E-state index in [1.807, 2.05) is 24.3 Å². The zero-order chi connectivity index (χ0) is 26.3. The van der Waals surface area contributed by atoms with Gasteiger partial charge in [0.1, 0.15) is 0 Å². The Morgan fingerprint density at radius 3 is 1.81 bits per heavy atom. The van der Waals surface area contributed by atoms with E-state index in [2.05, 4.69) is 72.5 Å². The Balaban J connectivity index is 1.46. The SMILES string of the molecule is C=CCN(CC=C)CCCCCc1ccc2c(c1)Cc1c(CCCCCN(CC=C)CC=C)cccc1-2. The van der Waals surface area contributed by atoms with Crippen molar-refractivity contribution in [2.24, 2.45) is 0 Å². The van der Waals surface area contributed by atoms with E-state index in [-0.39, 0.29) is 0 Å². The van der Waals surface area contributed by atoms with Crippen molar-refractivity contribution in [2.45, 2.75) is 57.8 Å². The van der Waals surface area contributed by atoms with Gasteiger partial charge < -0.3 is 0 Å². The summed E-state index contributed by atoms with van der Waals surface area (Å²) in [6, 6.07) is 14.2. The van der Waals surface area contributed by atoms with Crippen LogP contribution in [0.25, 0.3) is 11.1 Å². The molecule has 0 saturated heterocycles. The fourth-order valence-electron chi connectivity index (χ4n) is 5.65. The third-order valence-corrected chi connectivity index (χ3v) is 7.51. The van der Waals surface area contributed by atoms with E-state index in [1.54, 1.807) is 11.1 Å². The molecule has 1 aliphatic rings. The number of rotatable bonds is 20. The van der Waals surface area contributed by atoms with Gasteiger partial charge in [0.2, 0.25) is 0 Å². The van der Waals surface area contributed by atoms with Crippen LogP contribution in [0.3, 0.4) is 0 Å². The number of unbranched alkanes of at least 4 members (excludes halogenated alkanes) is 4. The van der Waals surface area contributed by atoms with Crippen molar-refractivity contribution in [2.75, 3.05) is 39.3 Å². The highest BCUT2D eigenvalue weighted by Crippen LogP contribution is 2.39. The maximum atomic E-state index is 3.88. The molecule has 2 aromatic rings. The molecule has 0 spiro atoms. The summed E-state index contributed by atoms with van der Waals surface area (Å²) in [6.07, 6.45) is 18.9. The summed E-state index contributed by atoms with van der Waals surface area (Å²) in [5, 5.41) is 0. The first kappa shape index (κ1) is 28.9. The molecule has 0 fully saturated rings. The molecule has 3 rings (SSSR count). The van der Waals surface area contributed by atoms with Crippen molar-refractivity contribution in [1.29, 1.82) is 0 Å². The molecule has 0 unspecified atom stereocenters. The molecule has 37 heavy (non-hydrogen) atoms. The number of nitrogens with zero attached hydrogens (tertiary/aromatic N) is 2. The fraction of sp³-hybridized carbons (Fsp3) is 0.429. The van der Waals surface area contributed by atoms with Crippen LogP contribution < -0.4 is 0 Å². The number of hydrogen-bond acceptors (Lipinski definition) is 2. The molecule has 0 atom stereocenters. The molecular formula is C35H48N2. The first-order valence-corrected chi connectivity index (χ1v) is 14.3. The molecular weight excluding hydrogens is 448 g/mol. The van der Waals surface area contributed by atoms with Gasteiger partial charge in [-0.15, -0.1) is 26.3 Å². The summed E-state index contributed by atoms with van der Waals surface area (Å²) in [6.45, 7) is 21.5. The van der Waals surface area contributed by atoms with Crippen molar-refractivity contribution in [3.63, 3.8) is 0 Å². The van der Waals surface area contributed by atoms with Gasteiger partial charge in [-0.1, -0.05) is 73.5 Å². The zero-order valence-electron chi connectivity index (χ0n) is 23.1. The number of hydrogen-bond donors (Lipinski definition) is 0. The van der Waals surface area contributed by atoms with Crippen molar-refractivity contribution in [3.05, 3.63) is 109 Å². The Bertz CT molecular complexity index is 998. The van der Waals surface area contributed by atoms with Gasteiger partial charge in [0, 0.05) is 26.2 Å². The summed E-state index contributed by atoms with van der Waals surface area (Å²) in [7, 11) is 0. The Morgan fingerprint density at radius 1 is 0.622 bits per heavy atom. The minimum atomic E-state index is 0.947. The largest absolute Gasteiger partial charge is 0.296 e. The predicted octanol–water partition coefficient (Wildman–Crippen LogP) is 8.03. The van der Waals surface area contributed by atoms with Crippen molar-refractivity contribution in [3.8, 4) is 11.1 Å². The highest BCUT2D eigenvalue weighted by atomic mass is 15.1. The van der Waals surface area contributed by atoms with Crippen LogP contribution in [0.1, 0.15) is 60.8 Å². The Hall–Kier alpha value is -2.68. The third-order valence-electron chi connectivity index (χ3n) is 7.51. The van der Waals surface area contributed by atoms with Gasteiger partial charge in [0.25, 0.3) is 0 Å². The van der Waals surface area contributed by atoms with E-state index < -0.39 is 0 Å². The summed E-state index contributed by atoms with van der Waals surface area (Å²) < 4.78 is 0. The second-order valence-corrected chi connectivity index (χ2v) is 10.4. The van der Waals surface area contributed by atoms with Crippen LogP contribution in [0.4, 0.5) is 0 Å². The number of benzene rings is 2. The highest BCUT2D eigenvalue weighted by Gasteiger charge is 2.21. The minimum Gasteiger partial charge on any atom is -0.296 e. The van der Waals surface area contributed by atoms with E-state index >= 15 is 0 Å². The maximum Gasteiger partial charge on any atom is 0.0163 e. The van der Waals surface area contributed by atoms with Gasteiger partial charge in [-0.05, 0) is 91.4 Å². The Morgan fingerprint density at radius 2 is 1.22 bits per heavy atom. The number of aryl methyl sites for hydroxylation is 2. The van der Waals surface area contributed by atoms with Crippen LogP contribution in [0.15, 0.2) is 87.0 Å². The predicted molar refractivity (Wildman–Crippen MR) is 163 cm³/mol. The average Bonchev–Trinajstić information content (AvgIpc) is 3.27. The van der Waals surface area contributed by atoms with Crippen molar-refractivity contribution >= 4 is 0 Å². The second-order valence-electron chi connectivity index (χ2n) is 10.4. The van der Waals surface area contributed by atoms with Gasteiger partial charge in [-0.25, -0.2) is 0 Å². The van der Waals surface area contributed by atoms with E-state index in [4.69, 9.17) is 0 Å². The lowest BCUT2D eigenvalue weighted by molar-refractivity contribution is 0.325. The van der Waals surface area contributed by atoms with Gasteiger partial charge >= 0.3 is 0 Å². The molecule has 0 radical (unpaired) electrons. The lowest BCUT2D eigenvalue weighted by atomic mass is 9.97. The highest BCUT2D eigenvalue weighted by molar-refractivity contribution is 5.78. The van der Waals surface area contributed by atoms with E-state index in [9.17, 15) is 0 Å². The quantitative estimate of drug-likeness (QED) is 0.115. The average molecular weight is 497 g/mol. The molecule has 0 aliphatic heterocycles. The molecule has 0 saturated carbocycles. The second kappa shape index (κ2) is 16.2. The zero-order valence-corrected chi connectivity index (χ0v) is 23.1. The fourth-order valence-corrected chi connectivity index (χ4v) is 5.65. The molecule has 198 valence electrons. The maximum absolute atomic E-state index is 3.88. The van der Waals surface area contributed by atoms with Gasteiger partial charge in [0.05, 0.1) is 0 Å². The monoisotopic (exact) mass is 496 g/mol. The standard InChI is InChI=1S/C35H48N2/c1-5-22-36(23-6-2)26-13-9-11-16-30-20-21-33-32(28-30)29-35-31(18-15-19-34(33)35)17-12-10-14-27-37(24-7-3)25-8-4/h5-8,15,18-21,28H,1-4,9-14,16-17,22-27,29H2. The molecule has 0 aromatic heterocycles. The van der Waals surface area contributed by atoms with Crippen molar-refractivity contribution < 1.29 is 0 Å². The lowest BCUT2D eigenvalue weighted by Crippen LogP contribution is -2.25. The Kier molecular flexibility index (Phi) is 12.7. The minimum absolute atomic E-state index is 0.947. The van der Waals surface area contributed by atoms with Crippen LogP contribution >= 0.6 is 0 Å². The van der Waals surface area contributed by atoms with Gasteiger partial charge in [-0.2, -0.15) is 0 Å². The van der Waals surface area contributed by atoms with Crippen LogP contribution in [0, 0.1) is 0 Å². The van der Waals surface area contributed by atoms with Crippen LogP contribution in [0.2, 0.25) is 0 Å². The smallest absolute Gasteiger partial charge is 0.0163 e. The summed E-state index contributed by atoms with van der Waals surface area (Å²) in [5.74, 6) is 0. The number of fused-ring (bicyclic) bond motifs is 3. The molecule has 1 aliphatic carbocycles. The van der Waals surface area contributed by atoms with Crippen LogP contribution in [0.5, 0.6) is 0 Å². The summed E-state index contributed by atoms with van der Waals surface area (Å²) in [4.78, 5) is 4.82. The summed E-state index contributed by atoms with van der Waals surface area (Å²) in [5.41, 5.74) is 9.05. The molecule has 2 aromatic carbocycles. The first-order valence-electron chi connectivity index (χ1n) is 14.3. The first-order chi connectivity index (χ1) is 18.2. The lowest BCUT2D eigenvalue weighted by Gasteiger charge is -2.18. The van der Waals surface area contributed by atoms with Gasteiger partial charge in [0.15, 0.2) is 0 Å². The molecule has 2 nitrogen and oxygen atoms in total. The molecule has 0 bridgehead atoms. The molecule has 0 amide bonds. The van der Waals surface area contributed by atoms with Crippen molar-refractivity contribution in [1.82, 2.24) is 9.80 Å². The third kappa shape index (κ3) is 8.98. The molecule has 2 heteroatoms. The molecule has 0 N–H and O–H groups in total. The normalized spacial score (nSPS) is 11.9. The topological polar surface area (TPSA) is 6.48 Å². The van der Waals surface area contributed by atoms with Crippen LogP contribution in [-0.4, -0.2) is 49.1 Å². The van der Waals surface area contributed by atoms with Gasteiger partial charge in [-0.3, -0.25) is 9.80 Å². The Labute approximate surface area is 227 Å². The molecule has 0 heterocycles. The van der Waals surface area contributed by atoms with E-state index in [0.29, 0.717) is 0 Å². The van der Waals surface area contributed by atoms with E-state index in [1.165, 1.54) is 73.6 Å². The summed E-state index contributed by atoms with van der Waals surface area (Å²) >= 11 is 0.